The van der Waals surface area contributed by atoms with E-state index in [1.165, 1.54) is 0 Å². The van der Waals surface area contributed by atoms with Gasteiger partial charge in [0.2, 0.25) is 17.7 Å². The molecule has 2 aromatic carbocycles. The molecule has 0 aliphatic carbocycles. The first-order valence-corrected chi connectivity index (χ1v) is 13.4. The lowest BCUT2D eigenvalue weighted by molar-refractivity contribution is -0.141. The normalized spacial score (nSPS) is 22.1. The second-order valence-corrected chi connectivity index (χ2v) is 10.5. The Kier molecular flexibility index (Phi) is 9.29. The van der Waals surface area contributed by atoms with E-state index >= 15 is 0 Å². The summed E-state index contributed by atoms with van der Waals surface area (Å²) in [6.07, 6.45) is -0.712. The van der Waals surface area contributed by atoms with Gasteiger partial charge in [-0.2, -0.15) is 0 Å². The first-order valence-electron chi connectivity index (χ1n) is 13.4. The Balaban J connectivity index is 1.53. The molecular weight excluding hydrogens is 506 g/mol. The number of rotatable bonds is 10. The first-order chi connectivity index (χ1) is 18.7. The fraction of sp³-hybridized carbons (Fsp3) is 0.483. The Morgan fingerprint density at radius 3 is 2.49 bits per heavy atom. The van der Waals surface area contributed by atoms with Crippen LogP contribution in [0.4, 0.5) is 8.78 Å². The fourth-order valence-electron chi connectivity index (χ4n) is 5.30. The topological polar surface area (TPSA) is 102 Å². The SMILES string of the molecule is CC[C@@H](C)N1CC(C(=O)N[C@@H](Cc2cc(F)cc(F)c2)[C@H](O)[C@@H]2NCCN(Cc3ccccc3)C2=O)CC1=O. The summed E-state index contributed by atoms with van der Waals surface area (Å²) in [6, 6.07) is 10.4. The van der Waals surface area contributed by atoms with Crippen molar-refractivity contribution in [2.24, 2.45) is 5.92 Å². The van der Waals surface area contributed by atoms with E-state index in [2.05, 4.69) is 10.6 Å². The van der Waals surface area contributed by atoms with Crippen molar-refractivity contribution in [2.45, 2.75) is 63.9 Å². The smallest absolute Gasteiger partial charge is 0.242 e. The van der Waals surface area contributed by atoms with Crippen molar-refractivity contribution in [3.8, 4) is 0 Å². The van der Waals surface area contributed by atoms with Gasteiger partial charge < -0.3 is 25.5 Å². The van der Waals surface area contributed by atoms with Crippen LogP contribution in [-0.4, -0.2) is 76.5 Å². The minimum absolute atomic E-state index is 0.00776. The number of aliphatic hydroxyl groups is 1. The van der Waals surface area contributed by atoms with E-state index in [1.54, 1.807) is 9.80 Å². The maximum Gasteiger partial charge on any atom is 0.242 e. The molecule has 2 heterocycles. The number of carbonyl (C=O) groups is 3. The van der Waals surface area contributed by atoms with Crippen LogP contribution >= 0.6 is 0 Å². The summed E-state index contributed by atoms with van der Waals surface area (Å²) in [5, 5.41) is 17.3. The van der Waals surface area contributed by atoms with Gasteiger partial charge in [0.15, 0.2) is 0 Å². The van der Waals surface area contributed by atoms with Crippen LogP contribution in [0.2, 0.25) is 0 Å². The van der Waals surface area contributed by atoms with Gasteiger partial charge in [-0.3, -0.25) is 14.4 Å². The van der Waals surface area contributed by atoms with Crippen molar-refractivity contribution in [3.05, 3.63) is 71.3 Å². The predicted molar refractivity (Wildman–Crippen MR) is 141 cm³/mol. The lowest BCUT2D eigenvalue weighted by Crippen LogP contribution is -2.64. The van der Waals surface area contributed by atoms with Gasteiger partial charge in [-0.15, -0.1) is 0 Å². The average molecular weight is 543 g/mol. The van der Waals surface area contributed by atoms with Crippen molar-refractivity contribution in [2.75, 3.05) is 19.6 Å². The van der Waals surface area contributed by atoms with Crippen molar-refractivity contribution in [1.82, 2.24) is 20.4 Å². The molecule has 210 valence electrons. The molecule has 2 fully saturated rings. The second-order valence-electron chi connectivity index (χ2n) is 10.5. The van der Waals surface area contributed by atoms with E-state index in [0.717, 1.165) is 30.2 Å². The molecule has 1 unspecified atom stereocenters. The summed E-state index contributed by atoms with van der Waals surface area (Å²) in [7, 11) is 0. The van der Waals surface area contributed by atoms with Crippen LogP contribution in [0.15, 0.2) is 48.5 Å². The third kappa shape index (κ3) is 6.99. The van der Waals surface area contributed by atoms with Gasteiger partial charge in [-0.1, -0.05) is 37.3 Å². The van der Waals surface area contributed by atoms with Crippen LogP contribution in [-0.2, 0) is 27.3 Å². The van der Waals surface area contributed by atoms with Crippen LogP contribution in [0.25, 0.3) is 0 Å². The van der Waals surface area contributed by atoms with Gasteiger partial charge in [0.25, 0.3) is 0 Å². The van der Waals surface area contributed by atoms with Crippen LogP contribution in [0.1, 0.15) is 37.8 Å². The van der Waals surface area contributed by atoms with Gasteiger partial charge in [-0.05, 0) is 43.0 Å². The average Bonchev–Trinajstić information content (AvgIpc) is 3.30. The molecule has 3 amide bonds. The first kappa shape index (κ1) is 28.6. The van der Waals surface area contributed by atoms with E-state index in [-0.39, 0.29) is 42.8 Å². The molecule has 2 aromatic rings. The maximum absolute atomic E-state index is 14.0. The molecule has 10 heteroatoms. The molecule has 0 bridgehead atoms. The molecule has 39 heavy (non-hydrogen) atoms. The summed E-state index contributed by atoms with van der Waals surface area (Å²) in [6.45, 7) is 5.38. The number of amides is 3. The van der Waals surface area contributed by atoms with Crippen molar-refractivity contribution >= 4 is 17.7 Å². The van der Waals surface area contributed by atoms with Gasteiger partial charge in [0.05, 0.1) is 18.1 Å². The number of likely N-dealkylation sites (tertiary alicyclic amines) is 1. The zero-order chi connectivity index (χ0) is 28.1. The molecular formula is C29H36F2N4O4. The highest BCUT2D eigenvalue weighted by molar-refractivity contribution is 5.89. The largest absolute Gasteiger partial charge is 0.389 e. The summed E-state index contributed by atoms with van der Waals surface area (Å²) in [5.74, 6) is -3.09. The van der Waals surface area contributed by atoms with Crippen LogP contribution < -0.4 is 10.6 Å². The second kappa shape index (κ2) is 12.7. The number of nitrogens with one attached hydrogen (secondary N) is 2. The molecule has 2 aliphatic heterocycles. The number of piperazine rings is 1. The highest BCUT2D eigenvalue weighted by Crippen LogP contribution is 2.23. The zero-order valence-corrected chi connectivity index (χ0v) is 22.3. The summed E-state index contributed by atoms with van der Waals surface area (Å²) in [5.41, 5.74) is 1.17. The quantitative estimate of drug-likeness (QED) is 0.427. The zero-order valence-electron chi connectivity index (χ0n) is 22.3. The van der Waals surface area contributed by atoms with E-state index in [9.17, 15) is 28.3 Å². The minimum Gasteiger partial charge on any atom is -0.389 e. The van der Waals surface area contributed by atoms with Crippen LogP contribution in [0.5, 0.6) is 0 Å². The third-order valence-corrected chi connectivity index (χ3v) is 7.65. The maximum atomic E-state index is 14.0. The summed E-state index contributed by atoms with van der Waals surface area (Å²) in [4.78, 5) is 42.5. The van der Waals surface area contributed by atoms with Crippen molar-refractivity contribution in [1.29, 1.82) is 0 Å². The predicted octanol–water partition coefficient (Wildman–Crippen LogP) is 2.00. The molecule has 2 saturated heterocycles. The number of carbonyl (C=O) groups excluding carboxylic acids is 3. The van der Waals surface area contributed by atoms with Crippen molar-refractivity contribution < 1.29 is 28.3 Å². The lowest BCUT2D eigenvalue weighted by atomic mass is 9.93. The fourth-order valence-corrected chi connectivity index (χ4v) is 5.30. The molecule has 4 rings (SSSR count). The van der Waals surface area contributed by atoms with E-state index in [1.807, 2.05) is 44.2 Å². The Morgan fingerprint density at radius 2 is 1.82 bits per heavy atom. The van der Waals surface area contributed by atoms with Crippen molar-refractivity contribution in [3.63, 3.8) is 0 Å². The Morgan fingerprint density at radius 1 is 1.13 bits per heavy atom. The van der Waals surface area contributed by atoms with Gasteiger partial charge in [0, 0.05) is 44.7 Å². The Hall–Kier alpha value is -3.37. The Bertz CT molecular complexity index is 1160. The van der Waals surface area contributed by atoms with Crippen LogP contribution in [0, 0.1) is 17.6 Å². The minimum atomic E-state index is -1.39. The summed E-state index contributed by atoms with van der Waals surface area (Å²) < 4.78 is 27.9. The van der Waals surface area contributed by atoms with Gasteiger partial charge >= 0.3 is 0 Å². The summed E-state index contributed by atoms with van der Waals surface area (Å²) >= 11 is 0. The number of hydrogen-bond donors (Lipinski definition) is 3. The molecule has 0 radical (unpaired) electrons. The van der Waals surface area contributed by atoms with E-state index in [0.29, 0.717) is 19.6 Å². The molecule has 2 aliphatic rings. The third-order valence-electron chi connectivity index (χ3n) is 7.65. The molecule has 3 N–H and O–H groups in total. The molecule has 8 nitrogen and oxygen atoms in total. The molecule has 0 spiro atoms. The number of nitrogens with zero attached hydrogens (tertiary/aromatic N) is 2. The number of aliphatic hydroxyl groups excluding tert-OH is 1. The standard InChI is InChI=1S/C29H36F2N4O4/c1-3-18(2)35-17-21(14-25(35)36)28(38)33-24(13-20-11-22(30)15-23(31)12-20)27(37)26-29(39)34(10-9-32-26)16-19-7-5-4-6-8-19/h4-8,11-12,15,18,21,24,26-27,32,37H,3,9-10,13-14,16-17H2,1-2H3,(H,33,38)/t18-,21?,24+,26+,27+/m1/s1. The van der Waals surface area contributed by atoms with Gasteiger partial charge in [0.1, 0.15) is 17.7 Å². The lowest BCUT2D eigenvalue weighted by Gasteiger charge is -2.38. The van der Waals surface area contributed by atoms with E-state index in [4.69, 9.17) is 0 Å². The molecule has 0 aromatic heterocycles. The number of benzene rings is 2. The highest BCUT2D eigenvalue weighted by Gasteiger charge is 2.41. The number of halogens is 2. The monoisotopic (exact) mass is 542 g/mol. The van der Waals surface area contributed by atoms with E-state index < -0.39 is 41.6 Å². The highest BCUT2D eigenvalue weighted by atomic mass is 19.1. The van der Waals surface area contributed by atoms with Crippen LogP contribution in [0.3, 0.4) is 0 Å². The van der Waals surface area contributed by atoms with Gasteiger partial charge in [-0.25, -0.2) is 8.78 Å². The number of hydrogen-bond acceptors (Lipinski definition) is 5. The molecule has 0 saturated carbocycles. The Labute approximate surface area is 227 Å². The molecule has 5 atom stereocenters.